The number of nitrogens with two attached hydrogens (primary N) is 2. The summed E-state index contributed by atoms with van der Waals surface area (Å²) in [6.07, 6.45) is 3.60. The summed E-state index contributed by atoms with van der Waals surface area (Å²) in [4.78, 5) is 37.8. The van der Waals surface area contributed by atoms with Crippen LogP contribution in [0, 0.1) is 5.92 Å². The van der Waals surface area contributed by atoms with Gasteiger partial charge in [-0.2, -0.15) is 0 Å². The molecule has 1 saturated heterocycles. The van der Waals surface area contributed by atoms with Gasteiger partial charge in [-0.3, -0.25) is 9.59 Å². The summed E-state index contributed by atoms with van der Waals surface area (Å²) in [6, 6.07) is -2.24. The largest absolute Gasteiger partial charge is 0.480 e. The minimum atomic E-state index is -1.00. The maximum Gasteiger partial charge on any atom is 0.326 e. The minimum absolute atomic E-state index is 0.175. The fraction of sp³-hybridized carbons (Fsp3) is 0.824. The van der Waals surface area contributed by atoms with Crippen LogP contribution < -0.4 is 16.8 Å². The highest BCUT2D eigenvalue weighted by Gasteiger charge is 2.38. The quantitative estimate of drug-likeness (QED) is 0.408. The standard InChI is InChI=1S/C17H32N4O4/c1-11(2)10-13(20-15(22)12(19)6-3-4-8-18)16(23)21-9-5-7-14(21)17(24)25/h11-14H,3-10,18-19H2,1-2H3,(H,20,22)(H,24,25)/t12-,13-,14-/m0/s1. The number of rotatable bonds is 10. The third-order valence-corrected chi connectivity index (χ3v) is 4.45. The molecule has 0 unspecified atom stereocenters. The summed E-state index contributed by atoms with van der Waals surface area (Å²) >= 11 is 0. The second kappa shape index (κ2) is 10.4. The molecule has 1 fully saturated rings. The maximum atomic E-state index is 12.8. The highest BCUT2D eigenvalue weighted by molar-refractivity contribution is 5.92. The summed E-state index contributed by atoms with van der Waals surface area (Å²) < 4.78 is 0. The molecule has 6 N–H and O–H groups in total. The SMILES string of the molecule is CC(C)C[C@H](NC(=O)[C@@H](N)CCCCN)C(=O)N1CCC[C@H]1C(=O)O. The lowest BCUT2D eigenvalue weighted by Crippen LogP contribution is -2.54. The molecule has 25 heavy (non-hydrogen) atoms. The average molecular weight is 356 g/mol. The normalized spacial score (nSPS) is 19.7. The van der Waals surface area contributed by atoms with Crippen molar-refractivity contribution in [3.8, 4) is 0 Å². The van der Waals surface area contributed by atoms with E-state index < -0.39 is 24.1 Å². The third-order valence-electron chi connectivity index (χ3n) is 4.45. The average Bonchev–Trinajstić information content (AvgIpc) is 3.02. The number of carbonyl (C=O) groups excluding carboxylic acids is 2. The number of nitrogens with one attached hydrogen (secondary N) is 1. The van der Waals surface area contributed by atoms with Crippen molar-refractivity contribution in [1.82, 2.24) is 10.2 Å². The molecule has 0 aliphatic carbocycles. The molecule has 0 saturated carbocycles. The van der Waals surface area contributed by atoms with Gasteiger partial charge in [0, 0.05) is 6.54 Å². The van der Waals surface area contributed by atoms with Crippen molar-refractivity contribution in [2.24, 2.45) is 17.4 Å². The topological polar surface area (TPSA) is 139 Å². The van der Waals surface area contributed by atoms with Crippen LogP contribution >= 0.6 is 0 Å². The fourth-order valence-corrected chi connectivity index (χ4v) is 3.10. The molecule has 1 aliphatic heterocycles. The first kappa shape index (κ1) is 21.4. The van der Waals surface area contributed by atoms with Crippen LogP contribution in [0.3, 0.4) is 0 Å². The van der Waals surface area contributed by atoms with Gasteiger partial charge in [-0.05, 0) is 44.6 Å². The van der Waals surface area contributed by atoms with Gasteiger partial charge in [0.25, 0.3) is 0 Å². The van der Waals surface area contributed by atoms with E-state index in [-0.39, 0.29) is 17.7 Å². The van der Waals surface area contributed by atoms with Gasteiger partial charge in [-0.25, -0.2) is 4.79 Å². The number of carboxylic acids is 1. The van der Waals surface area contributed by atoms with E-state index >= 15 is 0 Å². The van der Waals surface area contributed by atoms with E-state index in [4.69, 9.17) is 11.5 Å². The Labute approximate surface area is 149 Å². The zero-order valence-corrected chi connectivity index (χ0v) is 15.2. The monoisotopic (exact) mass is 356 g/mol. The smallest absolute Gasteiger partial charge is 0.326 e. The number of amides is 2. The zero-order chi connectivity index (χ0) is 19.0. The Kier molecular flexibility index (Phi) is 8.85. The molecule has 1 aliphatic rings. The molecular formula is C17H32N4O4. The minimum Gasteiger partial charge on any atom is -0.480 e. The predicted octanol–water partition coefficient (Wildman–Crippen LogP) is 0.0492. The van der Waals surface area contributed by atoms with E-state index in [0.717, 1.165) is 12.8 Å². The Balaban J connectivity index is 2.74. The molecule has 0 aromatic carbocycles. The lowest BCUT2D eigenvalue weighted by molar-refractivity contribution is -0.149. The van der Waals surface area contributed by atoms with Gasteiger partial charge in [0.05, 0.1) is 6.04 Å². The van der Waals surface area contributed by atoms with E-state index in [9.17, 15) is 19.5 Å². The first-order chi connectivity index (χ1) is 11.8. The van der Waals surface area contributed by atoms with Crippen LogP contribution in [0.2, 0.25) is 0 Å². The number of hydrogen-bond acceptors (Lipinski definition) is 5. The number of nitrogens with zero attached hydrogens (tertiary/aromatic N) is 1. The van der Waals surface area contributed by atoms with Gasteiger partial charge >= 0.3 is 5.97 Å². The Morgan fingerprint density at radius 1 is 1.28 bits per heavy atom. The Bertz CT molecular complexity index is 470. The lowest BCUT2D eigenvalue weighted by atomic mass is 10.0. The summed E-state index contributed by atoms with van der Waals surface area (Å²) in [5.41, 5.74) is 11.3. The van der Waals surface area contributed by atoms with Gasteiger partial charge in [0.2, 0.25) is 11.8 Å². The van der Waals surface area contributed by atoms with E-state index in [1.807, 2.05) is 13.8 Å². The number of unbranched alkanes of at least 4 members (excludes halogenated alkanes) is 1. The summed E-state index contributed by atoms with van der Waals surface area (Å²) in [7, 11) is 0. The Hall–Kier alpha value is -1.67. The number of hydrogen-bond donors (Lipinski definition) is 4. The van der Waals surface area contributed by atoms with Crippen LogP contribution in [-0.4, -0.2) is 59.0 Å². The van der Waals surface area contributed by atoms with Crippen molar-refractivity contribution < 1.29 is 19.5 Å². The number of carbonyl (C=O) groups is 3. The van der Waals surface area contributed by atoms with Crippen molar-refractivity contribution in [1.29, 1.82) is 0 Å². The van der Waals surface area contributed by atoms with Crippen LogP contribution in [0.25, 0.3) is 0 Å². The molecule has 0 bridgehead atoms. The molecule has 0 radical (unpaired) electrons. The molecule has 8 nitrogen and oxygen atoms in total. The van der Waals surface area contributed by atoms with Crippen molar-refractivity contribution in [2.75, 3.05) is 13.1 Å². The van der Waals surface area contributed by atoms with Crippen molar-refractivity contribution >= 4 is 17.8 Å². The molecule has 0 aromatic heterocycles. The van der Waals surface area contributed by atoms with Crippen LogP contribution in [0.1, 0.15) is 52.4 Å². The first-order valence-corrected chi connectivity index (χ1v) is 9.07. The fourth-order valence-electron chi connectivity index (χ4n) is 3.10. The lowest BCUT2D eigenvalue weighted by Gasteiger charge is -2.29. The van der Waals surface area contributed by atoms with Crippen molar-refractivity contribution in [2.45, 2.75) is 70.5 Å². The van der Waals surface area contributed by atoms with Crippen LogP contribution in [0.15, 0.2) is 0 Å². The maximum absolute atomic E-state index is 12.8. The van der Waals surface area contributed by atoms with Gasteiger partial charge in [0.15, 0.2) is 0 Å². The Morgan fingerprint density at radius 2 is 1.96 bits per heavy atom. The van der Waals surface area contributed by atoms with Crippen molar-refractivity contribution in [3.05, 3.63) is 0 Å². The molecular weight excluding hydrogens is 324 g/mol. The second-order valence-electron chi connectivity index (χ2n) is 7.11. The molecule has 144 valence electrons. The zero-order valence-electron chi connectivity index (χ0n) is 15.2. The van der Waals surface area contributed by atoms with Gasteiger partial charge in [0.1, 0.15) is 12.1 Å². The molecule has 2 amide bonds. The van der Waals surface area contributed by atoms with E-state index in [1.165, 1.54) is 4.90 Å². The van der Waals surface area contributed by atoms with Crippen molar-refractivity contribution in [3.63, 3.8) is 0 Å². The molecule has 0 spiro atoms. The Morgan fingerprint density at radius 3 is 2.52 bits per heavy atom. The number of carboxylic acid groups (broad SMARTS) is 1. The van der Waals surface area contributed by atoms with Crippen LogP contribution in [0.5, 0.6) is 0 Å². The summed E-state index contributed by atoms with van der Waals surface area (Å²) in [6.45, 7) is 4.86. The van der Waals surface area contributed by atoms with Gasteiger partial charge in [-0.1, -0.05) is 20.3 Å². The highest BCUT2D eigenvalue weighted by Crippen LogP contribution is 2.20. The summed E-state index contributed by atoms with van der Waals surface area (Å²) in [5.74, 6) is -1.53. The second-order valence-corrected chi connectivity index (χ2v) is 7.11. The highest BCUT2D eigenvalue weighted by atomic mass is 16.4. The van der Waals surface area contributed by atoms with Gasteiger partial charge in [-0.15, -0.1) is 0 Å². The number of likely N-dealkylation sites (tertiary alicyclic amines) is 1. The first-order valence-electron chi connectivity index (χ1n) is 9.07. The summed E-state index contributed by atoms with van der Waals surface area (Å²) in [5, 5.41) is 12.0. The molecule has 1 rings (SSSR count). The predicted molar refractivity (Wildman–Crippen MR) is 94.6 cm³/mol. The van der Waals surface area contributed by atoms with E-state index in [0.29, 0.717) is 38.8 Å². The van der Waals surface area contributed by atoms with Crippen LogP contribution in [-0.2, 0) is 14.4 Å². The molecule has 1 heterocycles. The molecule has 0 aromatic rings. The molecule has 3 atom stereocenters. The number of aliphatic carboxylic acids is 1. The van der Waals surface area contributed by atoms with E-state index in [2.05, 4.69) is 5.32 Å². The molecule has 8 heteroatoms. The van der Waals surface area contributed by atoms with Crippen LogP contribution in [0.4, 0.5) is 0 Å². The van der Waals surface area contributed by atoms with E-state index in [1.54, 1.807) is 0 Å². The van der Waals surface area contributed by atoms with Gasteiger partial charge < -0.3 is 26.8 Å². The third kappa shape index (κ3) is 6.62.